The Bertz CT molecular complexity index is 439. The minimum absolute atomic E-state index is 0.260. The summed E-state index contributed by atoms with van der Waals surface area (Å²) in [6, 6.07) is 2.43. The molecule has 0 fully saturated rings. The van der Waals surface area contributed by atoms with E-state index in [9.17, 15) is 9.90 Å². The molecule has 0 radical (unpaired) electrons. The maximum absolute atomic E-state index is 11.5. The summed E-state index contributed by atoms with van der Waals surface area (Å²) in [7, 11) is 0. The van der Waals surface area contributed by atoms with Crippen LogP contribution in [0.2, 0.25) is 0 Å². The fourth-order valence-corrected chi connectivity index (χ4v) is 3.90. The molecule has 1 atom stereocenters. The van der Waals surface area contributed by atoms with E-state index in [1.807, 2.05) is 6.92 Å². The van der Waals surface area contributed by atoms with E-state index in [4.69, 9.17) is 0 Å². The molecule has 1 aliphatic rings. The van der Waals surface area contributed by atoms with Crippen LogP contribution in [0.5, 0.6) is 0 Å². The molecule has 0 spiro atoms. The summed E-state index contributed by atoms with van der Waals surface area (Å²) in [6.07, 6.45) is 3.37. The van der Waals surface area contributed by atoms with Crippen LogP contribution in [0.4, 0.5) is 0 Å². The zero-order chi connectivity index (χ0) is 13.3. The van der Waals surface area contributed by atoms with Crippen LogP contribution in [0.25, 0.3) is 0 Å². The van der Waals surface area contributed by atoms with Gasteiger partial charge in [0.25, 0.3) is 0 Å². The number of hydrogen-bond donors (Lipinski definition) is 1. The number of likely N-dealkylation sites (N-methyl/N-ethyl adjacent to an activating group) is 1. The first kappa shape index (κ1) is 13.6. The molecular formula is C14H21NO2S. The molecule has 1 aliphatic carbocycles. The van der Waals surface area contributed by atoms with Crippen LogP contribution < -0.4 is 0 Å². The summed E-state index contributed by atoms with van der Waals surface area (Å²) in [5, 5.41) is 11.6. The lowest BCUT2D eigenvalue weighted by atomic mass is 9.89. The summed E-state index contributed by atoms with van der Waals surface area (Å²) < 4.78 is 0. The van der Waals surface area contributed by atoms with Crippen LogP contribution in [-0.2, 0) is 11.2 Å². The van der Waals surface area contributed by atoms with E-state index in [0.29, 0.717) is 0 Å². The maximum Gasteiger partial charge on any atom is 0.323 e. The first-order valence-corrected chi connectivity index (χ1v) is 7.42. The van der Waals surface area contributed by atoms with Gasteiger partial charge < -0.3 is 5.11 Å². The predicted octanol–water partition coefficient (Wildman–Crippen LogP) is 3.31. The average molecular weight is 267 g/mol. The number of fused-ring (bicyclic) bond motifs is 1. The van der Waals surface area contributed by atoms with Crippen molar-refractivity contribution in [3.8, 4) is 0 Å². The van der Waals surface area contributed by atoms with Gasteiger partial charge in [-0.2, -0.15) is 0 Å². The standard InChI is InChI=1S/C14H21NO2S/c1-4-15(14(2,3)13(16)17)11-6-5-7-12-10(11)8-9-18-12/h8-9,11H,4-7H2,1-3H3,(H,16,17). The Hall–Kier alpha value is -0.870. The molecule has 1 aromatic heterocycles. The molecule has 1 aromatic rings. The highest BCUT2D eigenvalue weighted by Crippen LogP contribution is 2.39. The highest BCUT2D eigenvalue weighted by Gasteiger charge is 2.39. The Morgan fingerprint density at radius 3 is 2.94 bits per heavy atom. The van der Waals surface area contributed by atoms with Crippen LogP contribution in [0.15, 0.2) is 11.4 Å². The van der Waals surface area contributed by atoms with Crippen LogP contribution in [0.3, 0.4) is 0 Å². The molecule has 1 unspecified atom stereocenters. The third-order valence-electron chi connectivity index (χ3n) is 3.98. The Kier molecular flexibility index (Phi) is 3.78. The second kappa shape index (κ2) is 5.02. The van der Waals surface area contributed by atoms with Gasteiger partial charge in [-0.05, 0) is 56.7 Å². The SMILES string of the molecule is CCN(C1CCCc2sccc21)C(C)(C)C(=O)O. The maximum atomic E-state index is 11.5. The zero-order valence-electron chi connectivity index (χ0n) is 11.3. The second-order valence-corrected chi connectivity index (χ2v) is 6.36. The molecule has 0 aromatic carbocycles. The first-order chi connectivity index (χ1) is 8.48. The number of carboxylic acid groups (broad SMARTS) is 1. The van der Waals surface area contributed by atoms with Crippen molar-refractivity contribution in [3.05, 3.63) is 21.9 Å². The van der Waals surface area contributed by atoms with Gasteiger partial charge in [-0.3, -0.25) is 9.69 Å². The summed E-state index contributed by atoms with van der Waals surface area (Å²) >= 11 is 1.80. The van der Waals surface area contributed by atoms with E-state index >= 15 is 0 Å². The average Bonchev–Trinajstić information content (AvgIpc) is 2.78. The topological polar surface area (TPSA) is 40.5 Å². The van der Waals surface area contributed by atoms with Crippen LogP contribution in [0.1, 0.15) is 50.1 Å². The molecule has 0 saturated carbocycles. The van der Waals surface area contributed by atoms with Gasteiger partial charge in [-0.25, -0.2) is 0 Å². The zero-order valence-corrected chi connectivity index (χ0v) is 12.1. The van der Waals surface area contributed by atoms with E-state index in [1.165, 1.54) is 10.4 Å². The molecule has 0 bridgehead atoms. The summed E-state index contributed by atoms with van der Waals surface area (Å²) in [5.74, 6) is -0.744. The van der Waals surface area contributed by atoms with Crippen molar-refractivity contribution in [2.24, 2.45) is 0 Å². The van der Waals surface area contributed by atoms with Crippen LogP contribution >= 0.6 is 11.3 Å². The van der Waals surface area contributed by atoms with E-state index in [1.54, 1.807) is 25.2 Å². The summed E-state index contributed by atoms with van der Waals surface area (Å²) in [6.45, 7) is 6.42. The number of carboxylic acids is 1. The smallest absolute Gasteiger partial charge is 0.323 e. The fourth-order valence-electron chi connectivity index (χ4n) is 2.91. The van der Waals surface area contributed by atoms with Crippen molar-refractivity contribution >= 4 is 17.3 Å². The Morgan fingerprint density at radius 2 is 2.33 bits per heavy atom. The monoisotopic (exact) mass is 267 g/mol. The van der Waals surface area contributed by atoms with Crippen molar-refractivity contribution < 1.29 is 9.90 Å². The molecule has 0 aliphatic heterocycles. The van der Waals surface area contributed by atoms with Crippen molar-refractivity contribution in [2.75, 3.05) is 6.54 Å². The van der Waals surface area contributed by atoms with Gasteiger partial charge in [0.2, 0.25) is 0 Å². The number of thiophene rings is 1. The molecule has 100 valence electrons. The predicted molar refractivity (Wildman–Crippen MR) is 74.1 cm³/mol. The van der Waals surface area contributed by atoms with E-state index < -0.39 is 11.5 Å². The highest BCUT2D eigenvalue weighted by molar-refractivity contribution is 7.10. The van der Waals surface area contributed by atoms with Crippen LogP contribution in [0, 0.1) is 0 Å². The van der Waals surface area contributed by atoms with E-state index in [-0.39, 0.29) is 6.04 Å². The van der Waals surface area contributed by atoms with E-state index in [0.717, 1.165) is 25.8 Å². The molecular weight excluding hydrogens is 246 g/mol. The molecule has 1 N–H and O–H groups in total. The Morgan fingerprint density at radius 1 is 1.61 bits per heavy atom. The molecule has 2 rings (SSSR count). The number of nitrogens with zero attached hydrogens (tertiary/aromatic N) is 1. The quantitative estimate of drug-likeness (QED) is 0.910. The Labute approximate surface area is 112 Å². The summed E-state index contributed by atoms with van der Waals surface area (Å²) in [4.78, 5) is 15.0. The first-order valence-electron chi connectivity index (χ1n) is 6.55. The van der Waals surface area contributed by atoms with Gasteiger partial charge >= 0.3 is 5.97 Å². The molecule has 0 amide bonds. The Balaban J connectivity index is 2.34. The normalized spacial score (nSPS) is 19.9. The minimum atomic E-state index is -0.810. The fraction of sp³-hybridized carbons (Fsp3) is 0.643. The molecule has 4 heteroatoms. The minimum Gasteiger partial charge on any atom is -0.480 e. The van der Waals surface area contributed by atoms with Crippen molar-refractivity contribution in [3.63, 3.8) is 0 Å². The second-order valence-electron chi connectivity index (χ2n) is 5.36. The number of hydrogen-bond acceptors (Lipinski definition) is 3. The van der Waals surface area contributed by atoms with Crippen LogP contribution in [-0.4, -0.2) is 28.1 Å². The molecule has 18 heavy (non-hydrogen) atoms. The largest absolute Gasteiger partial charge is 0.480 e. The van der Waals surface area contributed by atoms with Gasteiger partial charge in [0, 0.05) is 10.9 Å². The molecule has 1 heterocycles. The number of rotatable bonds is 4. The van der Waals surface area contributed by atoms with E-state index in [2.05, 4.69) is 16.3 Å². The third-order valence-corrected chi connectivity index (χ3v) is 4.98. The number of carbonyl (C=O) groups is 1. The third kappa shape index (κ3) is 2.19. The number of aliphatic carboxylic acids is 1. The lowest BCUT2D eigenvalue weighted by molar-refractivity contribution is -0.151. The van der Waals surface area contributed by atoms with Crippen molar-refractivity contribution in [1.29, 1.82) is 0 Å². The van der Waals surface area contributed by atoms with Gasteiger partial charge in [-0.1, -0.05) is 6.92 Å². The van der Waals surface area contributed by atoms with Gasteiger partial charge in [0.1, 0.15) is 5.54 Å². The van der Waals surface area contributed by atoms with Gasteiger partial charge in [0.15, 0.2) is 0 Å². The van der Waals surface area contributed by atoms with Crippen molar-refractivity contribution in [2.45, 2.75) is 51.6 Å². The lowest BCUT2D eigenvalue weighted by Gasteiger charge is -2.42. The number of aryl methyl sites for hydroxylation is 1. The molecule has 3 nitrogen and oxygen atoms in total. The van der Waals surface area contributed by atoms with Crippen molar-refractivity contribution in [1.82, 2.24) is 4.90 Å². The molecule has 0 saturated heterocycles. The summed E-state index contributed by atoms with van der Waals surface area (Å²) in [5.41, 5.74) is 0.540. The van der Waals surface area contributed by atoms with Gasteiger partial charge in [0.05, 0.1) is 0 Å². The van der Waals surface area contributed by atoms with Gasteiger partial charge in [-0.15, -0.1) is 11.3 Å². The highest BCUT2D eigenvalue weighted by atomic mass is 32.1. The lowest BCUT2D eigenvalue weighted by Crippen LogP contribution is -2.52.